The minimum atomic E-state index is -1.24. The molecule has 0 spiro atoms. The largest absolute Gasteiger partial charge is 0.444 e. The Morgan fingerprint density at radius 1 is 1.24 bits per heavy atom. The Morgan fingerprint density at radius 2 is 2.03 bits per heavy atom. The van der Waals surface area contributed by atoms with E-state index in [1.54, 1.807) is 29.3 Å². The minimum Gasteiger partial charge on any atom is -0.444 e. The molecule has 2 unspecified atom stereocenters. The van der Waals surface area contributed by atoms with Crippen LogP contribution in [0.3, 0.4) is 0 Å². The molecule has 1 amide bonds. The van der Waals surface area contributed by atoms with E-state index < -0.39 is 47.9 Å². The molecule has 0 saturated carbocycles. The molecule has 1 fully saturated rings. The minimum absolute atomic E-state index is 0.0223. The van der Waals surface area contributed by atoms with Crippen molar-refractivity contribution in [2.45, 2.75) is 46.1 Å². The van der Waals surface area contributed by atoms with Gasteiger partial charge >= 0.3 is 18.0 Å². The van der Waals surface area contributed by atoms with E-state index in [1.165, 1.54) is 35.6 Å². The molecular formula is C24H25FN6O7. The first-order valence-electron chi connectivity index (χ1n) is 11.7. The van der Waals surface area contributed by atoms with Crippen LogP contribution in [-0.4, -0.2) is 67.5 Å². The average molecular weight is 528 g/mol. The van der Waals surface area contributed by atoms with E-state index in [-0.39, 0.29) is 24.3 Å². The number of hydrogen-bond acceptors (Lipinski definition) is 10. The molecule has 3 heterocycles. The molecule has 200 valence electrons. The highest BCUT2D eigenvalue weighted by Crippen LogP contribution is 2.28. The fourth-order valence-electron chi connectivity index (χ4n) is 3.95. The van der Waals surface area contributed by atoms with E-state index in [9.17, 15) is 19.2 Å². The summed E-state index contributed by atoms with van der Waals surface area (Å²) in [5, 5.41) is 12.1. The Labute approximate surface area is 216 Å². The number of ether oxygens (including phenoxy) is 3. The highest BCUT2D eigenvalue weighted by atomic mass is 19.1. The first-order valence-corrected chi connectivity index (χ1v) is 11.7. The summed E-state index contributed by atoms with van der Waals surface area (Å²) in [5.74, 6) is -3.96. The molecule has 1 saturated heterocycles. The van der Waals surface area contributed by atoms with Crippen molar-refractivity contribution in [3.8, 4) is 5.69 Å². The molecule has 3 atom stereocenters. The van der Waals surface area contributed by atoms with Gasteiger partial charge in [0.1, 0.15) is 29.2 Å². The highest BCUT2D eigenvalue weighted by molar-refractivity contribution is 5.98. The predicted molar refractivity (Wildman–Crippen MR) is 126 cm³/mol. The van der Waals surface area contributed by atoms with E-state index in [0.717, 1.165) is 13.0 Å². The summed E-state index contributed by atoms with van der Waals surface area (Å²) in [4.78, 5) is 49.3. The SMILES string of the molecule is CC(=O)OC(C)OC(=O)C(C[C@H]1CN(c2ccc(-n3cc(Cn4cccn4)nn3)c(F)c2)C(=O)O1)C(C)=O. The van der Waals surface area contributed by atoms with Crippen LogP contribution in [0.15, 0.2) is 42.9 Å². The van der Waals surface area contributed by atoms with E-state index >= 15 is 4.39 Å². The third-order valence-corrected chi connectivity index (χ3v) is 5.68. The van der Waals surface area contributed by atoms with Gasteiger partial charge in [0.25, 0.3) is 0 Å². The number of halogens is 1. The molecule has 3 aromatic rings. The molecule has 2 aromatic heterocycles. The van der Waals surface area contributed by atoms with Crippen LogP contribution >= 0.6 is 0 Å². The summed E-state index contributed by atoms with van der Waals surface area (Å²) in [6, 6.07) is 5.90. The lowest BCUT2D eigenvalue weighted by Gasteiger charge is -2.19. The molecule has 1 aromatic carbocycles. The van der Waals surface area contributed by atoms with Gasteiger partial charge in [-0.25, -0.2) is 13.9 Å². The molecule has 0 N–H and O–H groups in total. The number of cyclic esters (lactones) is 1. The first-order chi connectivity index (χ1) is 18.1. The number of carbonyl (C=O) groups is 4. The van der Waals surface area contributed by atoms with Crippen LogP contribution < -0.4 is 4.90 Å². The summed E-state index contributed by atoms with van der Waals surface area (Å²) in [6.45, 7) is 4.04. The zero-order chi connectivity index (χ0) is 27.4. The maximum atomic E-state index is 15.0. The van der Waals surface area contributed by atoms with E-state index in [2.05, 4.69) is 15.4 Å². The van der Waals surface area contributed by atoms with Crippen molar-refractivity contribution < 1.29 is 37.8 Å². The summed E-state index contributed by atoms with van der Waals surface area (Å²) < 4.78 is 33.0. The normalized spacial score (nSPS) is 16.6. The molecular weight excluding hydrogens is 503 g/mol. The number of rotatable bonds is 10. The number of carbonyl (C=O) groups excluding carboxylic acids is 4. The van der Waals surface area contributed by atoms with E-state index in [1.807, 2.05) is 0 Å². The van der Waals surface area contributed by atoms with Crippen molar-refractivity contribution in [3.05, 3.63) is 54.4 Å². The van der Waals surface area contributed by atoms with Gasteiger partial charge in [-0.15, -0.1) is 5.10 Å². The van der Waals surface area contributed by atoms with Crippen LogP contribution in [0.1, 0.15) is 32.9 Å². The van der Waals surface area contributed by atoms with Crippen molar-refractivity contribution >= 4 is 29.5 Å². The lowest BCUT2D eigenvalue weighted by atomic mass is 9.97. The van der Waals surface area contributed by atoms with Crippen molar-refractivity contribution in [1.82, 2.24) is 24.8 Å². The van der Waals surface area contributed by atoms with Crippen LogP contribution in [0.2, 0.25) is 0 Å². The van der Waals surface area contributed by atoms with Crippen LogP contribution in [0.25, 0.3) is 5.69 Å². The molecule has 38 heavy (non-hydrogen) atoms. The van der Waals surface area contributed by atoms with Gasteiger partial charge in [0.15, 0.2) is 5.82 Å². The van der Waals surface area contributed by atoms with Gasteiger partial charge in [0.2, 0.25) is 6.29 Å². The number of benzene rings is 1. The summed E-state index contributed by atoms with van der Waals surface area (Å²) in [6.07, 6.45) is 2.05. The molecule has 0 bridgehead atoms. The Hall–Kier alpha value is -4.62. The zero-order valence-corrected chi connectivity index (χ0v) is 20.8. The van der Waals surface area contributed by atoms with Gasteiger partial charge in [0, 0.05) is 32.7 Å². The third-order valence-electron chi connectivity index (χ3n) is 5.68. The van der Waals surface area contributed by atoms with Gasteiger partial charge < -0.3 is 14.2 Å². The quantitative estimate of drug-likeness (QED) is 0.217. The molecule has 13 nitrogen and oxygen atoms in total. The lowest BCUT2D eigenvalue weighted by molar-refractivity contribution is -0.186. The number of ketones is 1. The maximum Gasteiger partial charge on any atom is 0.414 e. The summed E-state index contributed by atoms with van der Waals surface area (Å²) in [5.41, 5.74) is 0.920. The van der Waals surface area contributed by atoms with Crippen molar-refractivity contribution in [1.29, 1.82) is 0 Å². The molecule has 0 radical (unpaired) electrons. The number of aromatic nitrogens is 5. The lowest BCUT2D eigenvalue weighted by Crippen LogP contribution is -2.33. The summed E-state index contributed by atoms with van der Waals surface area (Å²) in [7, 11) is 0. The van der Waals surface area contributed by atoms with Crippen molar-refractivity contribution in [2.75, 3.05) is 11.4 Å². The third kappa shape index (κ3) is 6.19. The zero-order valence-electron chi connectivity index (χ0n) is 20.8. The number of amides is 1. The Bertz CT molecular complexity index is 1340. The Kier molecular flexibility index (Phi) is 7.79. The molecule has 4 rings (SSSR count). The highest BCUT2D eigenvalue weighted by Gasteiger charge is 2.38. The molecule has 14 heteroatoms. The van der Waals surface area contributed by atoms with Gasteiger partial charge in [-0.05, 0) is 31.2 Å². The molecule has 0 aliphatic carbocycles. The smallest absolute Gasteiger partial charge is 0.414 e. The fraction of sp³-hybridized carbons (Fsp3) is 0.375. The van der Waals surface area contributed by atoms with Crippen LogP contribution in [0.4, 0.5) is 14.9 Å². The van der Waals surface area contributed by atoms with Crippen LogP contribution in [0.5, 0.6) is 0 Å². The summed E-state index contributed by atoms with van der Waals surface area (Å²) >= 11 is 0. The van der Waals surface area contributed by atoms with Crippen molar-refractivity contribution in [2.24, 2.45) is 5.92 Å². The second-order valence-electron chi connectivity index (χ2n) is 8.62. The van der Waals surface area contributed by atoms with E-state index in [0.29, 0.717) is 12.2 Å². The Morgan fingerprint density at radius 3 is 2.68 bits per heavy atom. The monoisotopic (exact) mass is 528 g/mol. The van der Waals surface area contributed by atoms with Crippen molar-refractivity contribution in [3.63, 3.8) is 0 Å². The topological polar surface area (TPSA) is 148 Å². The first kappa shape index (κ1) is 26.4. The molecule has 1 aliphatic heterocycles. The molecule has 1 aliphatic rings. The number of anilines is 1. The number of Topliss-reactive ketones (excluding diaryl/α,β-unsaturated/α-hetero) is 1. The number of esters is 2. The van der Waals surface area contributed by atoms with Gasteiger partial charge in [-0.3, -0.25) is 24.0 Å². The number of hydrogen-bond donors (Lipinski definition) is 0. The average Bonchev–Trinajstić information content (AvgIpc) is 3.59. The number of nitrogens with zero attached hydrogens (tertiary/aromatic N) is 6. The van der Waals surface area contributed by atoms with Gasteiger partial charge in [-0.1, -0.05) is 5.21 Å². The Balaban J connectivity index is 1.41. The standard InChI is InChI=1S/C24H25FN6O7/c1-14(32)20(23(34)37-16(3)36-15(2)33)10-19-13-30(24(35)38-19)18-5-6-22(21(25)9-18)31-12-17(27-28-31)11-29-8-4-7-26-29/h4-9,12,16,19-20H,10-11,13H2,1-3H3/t16?,19-,20?/m0/s1. The second-order valence-corrected chi connectivity index (χ2v) is 8.62. The van der Waals surface area contributed by atoms with Gasteiger partial charge in [-0.2, -0.15) is 5.10 Å². The van der Waals surface area contributed by atoms with Gasteiger partial charge in [0.05, 0.1) is 25.0 Å². The fourth-order valence-corrected chi connectivity index (χ4v) is 3.95. The van der Waals surface area contributed by atoms with Crippen LogP contribution in [-0.2, 0) is 35.1 Å². The van der Waals surface area contributed by atoms with Crippen LogP contribution in [0, 0.1) is 11.7 Å². The van der Waals surface area contributed by atoms with E-state index in [4.69, 9.17) is 14.2 Å². The predicted octanol–water partition coefficient (Wildman–Crippen LogP) is 2.02. The maximum absolute atomic E-state index is 15.0. The second kappa shape index (κ2) is 11.2.